The Kier molecular flexibility index (Phi) is 4.19. The first-order valence-corrected chi connectivity index (χ1v) is 9.94. The molecule has 0 unspecified atom stereocenters. The van der Waals surface area contributed by atoms with Crippen molar-refractivity contribution in [1.82, 2.24) is 33.6 Å². The van der Waals surface area contributed by atoms with Gasteiger partial charge in [0.05, 0.1) is 11.9 Å². The van der Waals surface area contributed by atoms with Gasteiger partial charge in [-0.05, 0) is 31.9 Å². The molecule has 1 aliphatic heterocycles. The van der Waals surface area contributed by atoms with Gasteiger partial charge < -0.3 is 20.2 Å². The third kappa shape index (κ3) is 2.97. The molecule has 11 nitrogen and oxygen atoms in total. The number of anilines is 1. The Hall–Kier alpha value is -3.18. The highest BCUT2D eigenvalue weighted by Crippen LogP contribution is 2.24. The quantitative estimate of drug-likeness (QED) is 0.494. The van der Waals surface area contributed by atoms with Gasteiger partial charge in [0, 0.05) is 33.2 Å². The van der Waals surface area contributed by atoms with E-state index >= 15 is 0 Å². The Balaban J connectivity index is 1.54. The summed E-state index contributed by atoms with van der Waals surface area (Å²) in [4.78, 5) is 24.2. The van der Waals surface area contributed by atoms with Crippen LogP contribution in [0.3, 0.4) is 0 Å². The molecule has 0 radical (unpaired) electrons. The molecule has 4 aromatic heterocycles. The first-order valence-electron chi connectivity index (χ1n) is 9.94. The Morgan fingerprint density at radius 3 is 2.70 bits per heavy atom. The molecular formula is C19H24N8O3. The van der Waals surface area contributed by atoms with Crippen molar-refractivity contribution in [2.45, 2.75) is 31.9 Å². The van der Waals surface area contributed by atoms with E-state index in [-0.39, 0.29) is 11.6 Å². The highest BCUT2D eigenvalue weighted by molar-refractivity contribution is 5.88. The van der Waals surface area contributed by atoms with Crippen molar-refractivity contribution in [2.75, 3.05) is 25.4 Å². The minimum absolute atomic E-state index is 0.149. The number of piperidine rings is 1. The maximum absolute atomic E-state index is 13.0. The number of nitrogens with zero attached hydrogens (tertiary/aromatic N) is 7. The van der Waals surface area contributed by atoms with Crippen molar-refractivity contribution in [1.29, 1.82) is 0 Å². The predicted molar refractivity (Wildman–Crippen MR) is 110 cm³/mol. The van der Waals surface area contributed by atoms with Crippen LogP contribution in [-0.4, -0.2) is 64.0 Å². The van der Waals surface area contributed by atoms with Gasteiger partial charge in [0.2, 0.25) is 11.8 Å². The fourth-order valence-electron chi connectivity index (χ4n) is 4.00. The molecule has 11 heteroatoms. The minimum atomic E-state index is -0.603. The van der Waals surface area contributed by atoms with Crippen molar-refractivity contribution in [3.63, 3.8) is 0 Å². The smallest absolute Gasteiger partial charge is 0.330 e. The monoisotopic (exact) mass is 412 g/mol. The second-order valence-corrected chi connectivity index (χ2v) is 8.12. The summed E-state index contributed by atoms with van der Waals surface area (Å²) in [6.07, 6.45) is 2.99. The third-order valence-corrected chi connectivity index (χ3v) is 5.89. The first-order chi connectivity index (χ1) is 14.3. The minimum Gasteiger partial charge on any atom is -0.461 e. The zero-order valence-electron chi connectivity index (χ0n) is 16.9. The summed E-state index contributed by atoms with van der Waals surface area (Å²) < 4.78 is 9.96. The van der Waals surface area contributed by atoms with Gasteiger partial charge in [-0.25, -0.2) is 9.78 Å². The molecule has 0 saturated carbocycles. The molecule has 158 valence electrons. The zero-order chi connectivity index (χ0) is 21.0. The topological polar surface area (TPSA) is 133 Å². The molecule has 5 heterocycles. The number of imidazole rings is 1. The van der Waals surface area contributed by atoms with E-state index in [4.69, 9.17) is 10.2 Å². The van der Waals surface area contributed by atoms with Crippen molar-refractivity contribution in [3.05, 3.63) is 28.9 Å². The summed E-state index contributed by atoms with van der Waals surface area (Å²) >= 11 is 0. The number of aryl methyl sites for hydroxylation is 1. The summed E-state index contributed by atoms with van der Waals surface area (Å²) in [5, 5.41) is 14.5. The number of likely N-dealkylation sites (tertiary alicyclic amines) is 1. The molecule has 1 fully saturated rings. The van der Waals surface area contributed by atoms with Crippen LogP contribution in [0.2, 0.25) is 0 Å². The van der Waals surface area contributed by atoms with Crippen LogP contribution < -0.4 is 11.4 Å². The number of furan rings is 1. The molecule has 30 heavy (non-hydrogen) atoms. The van der Waals surface area contributed by atoms with Crippen LogP contribution in [0, 0.1) is 0 Å². The van der Waals surface area contributed by atoms with Gasteiger partial charge in [0.1, 0.15) is 5.52 Å². The van der Waals surface area contributed by atoms with Crippen LogP contribution >= 0.6 is 0 Å². The van der Waals surface area contributed by atoms with Crippen molar-refractivity contribution < 1.29 is 9.52 Å². The lowest BCUT2D eigenvalue weighted by Crippen LogP contribution is -2.43. The average Bonchev–Trinajstić information content (AvgIpc) is 3.42. The fourth-order valence-corrected chi connectivity index (χ4v) is 4.00. The van der Waals surface area contributed by atoms with Gasteiger partial charge in [-0.2, -0.15) is 9.50 Å². The highest BCUT2D eigenvalue weighted by Gasteiger charge is 2.27. The average molecular weight is 412 g/mol. The van der Waals surface area contributed by atoms with Crippen LogP contribution in [0.5, 0.6) is 0 Å². The molecule has 0 bridgehead atoms. The van der Waals surface area contributed by atoms with Gasteiger partial charge in [-0.1, -0.05) is 0 Å². The summed E-state index contributed by atoms with van der Waals surface area (Å²) in [5.74, 6) is 1.04. The Labute approximate surface area is 171 Å². The SMILES string of the molecule is Cn1c(=O)n(CCN2CCC(C)(O)CC2)c2nc(N)n3nc(-c4ccco4)nc3c21. The Morgan fingerprint density at radius 2 is 2.00 bits per heavy atom. The van der Waals surface area contributed by atoms with E-state index in [1.54, 1.807) is 30.0 Å². The van der Waals surface area contributed by atoms with Gasteiger partial charge >= 0.3 is 5.69 Å². The summed E-state index contributed by atoms with van der Waals surface area (Å²) in [7, 11) is 1.69. The normalized spacial score (nSPS) is 17.3. The number of rotatable bonds is 4. The number of hydrogen-bond acceptors (Lipinski definition) is 8. The van der Waals surface area contributed by atoms with E-state index in [0.29, 0.717) is 41.5 Å². The van der Waals surface area contributed by atoms with Crippen LogP contribution in [0.1, 0.15) is 19.8 Å². The zero-order valence-corrected chi connectivity index (χ0v) is 16.9. The number of nitrogens with two attached hydrogens (primary N) is 1. The van der Waals surface area contributed by atoms with Gasteiger partial charge in [-0.3, -0.25) is 9.13 Å². The van der Waals surface area contributed by atoms with E-state index in [0.717, 1.165) is 25.9 Å². The van der Waals surface area contributed by atoms with Crippen LogP contribution in [-0.2, 0) is 13.6 Å². The van der Waals surface area contributed by atoms with Gasteiger partial charge in [-0.15, -0.1) is 5.10 Å². The third-order valence-electron chi connectivity index (χ3n) is 5.89. The molecule has 1 saturated heterocycles. The number of nitrogen functional groups attached to an aromatic ring is 1. The summed E-state index contributed by atoms with van der Waals surface area (Å²) in [6, 6.07) is 3.51. The second-order valence-electron chi connectivity index (χ2n) is 8.12. The summed E-state index contributed by atoms with van der Waals surface area (Å²) in [5.41, 5.74) is 6.86. The maximum Gasteiger partial charge on any atom is 0.330 e. The van der Waals surface area contributed by atoms with Crippen molar-refractivity contribution in [2.24, 2.45) is 7.05 Å². The lowest BCUT2D eigenvalue weighted by molar-refractivity contribution is -0.00590. The number of aromatic nitrogens is 6. The lowest BCUT2D eigenvalue weighted by Gasteiger charge is -2.35. The fraction of sp³-hybridized carbons (Fsp3) is 0.474. The molecule has 1 aliphatic rings. The van der Waals surface area contributed by atoms with Crippen LogP contribution in [0.25, 0.3) is 28.4 Å². The number of hydrogen-bond donors (Lipinski definition) is 2. The molecule has 0 aliphatic carbocycles. The number of fused-ring (bicyclic) bond motifs is 3. The molecule has 0 atom stereocenters. The molecule has 4 aromatic rings. The Bertz CT molecular complexity index is 1270. The standard InChI is InChI=1S/C19H24N8O3/c1-19(29)5-7-25(8-6-19)9-10-26-15-13(24(2)18(26)28)16-21-14(12-4-3-11-30-12)23-27(16)17(20)22-15/h3-4,11,29H,5-10H2,1-2H3,(H2,20,22). The van der Waals surface area contributed by atoms with Gasteiger partial charge in [0.15, 0.2) is 17.1 Å². The van der Waals surface area contributed by atoms with E-state index in [2.05, 4.69) is 20.0 Å². The Morgan fingerprint density at radius 1 is 1.23 bits per heavy atom. The summed E-state index contributed by atoms with van der Waals surface area (Å²) in [6.45, 7) is 4.62. The van der Waals surface area contributed by atoms with E-state index in [9.17, 15) is 9.90 Å². The molecule has 0 aromatic carbocycles. The lowest BCUT2D eigenvalue weighted by atomic mass is 9.94. The molecule has 3 N–H and O–H groups in total. The van der Waals surface area contributed by atoms with E-state index in [1.165, 1.54) is 9.08 Å². The maximum atomic E-state index is 13.0. The second kappa shape index (κ2) is 6.67. The molecule has 0 amide bonds. The first kappa shape index (κ1) is 18.8. The predicted octanol–water partition coefficient (Wildman–Crippen LogP) is 0.467. The largest absolute Gasteiger partial charge is 0.461 e. The molecular weight excluding hydrogens is 388 g/mol. The van der Waals surface area contributed by atoms with E-state index < -0.39 is 5.60 Å². The molecule has 0 spiro atoms. The highest BCUT2D eigenvalue weighted by atomic mass is 16.3. The van der Waals surface area contributed by atoms with Crippen molar-refractivity contribution in [3.8, 4) is 11.6 Å². The van der Waals surface area contributed by atoms with Crippen molar-refractivity contribution >= 4 is 22.8 Å². The number of aliphatic hydroxyl groups is 1. The van der Waals surface area contributed by atoms with Crippen LogP contribution in [0.4, 0.5) is 5.95 Å². The van der Waals surface area contributed by atoms with Gasteiger partial charge in [0.25, 0.3) is 0 Å². The molecule has 5 rings (SSSR count). The van der Waals surface area contributed by atoms with E-state index in [1.807, 2.05) is 6.92 Å². The van der Waals surface area contributed by atoms with Crippen LogP contribution in [0.15, 0.2) is 27.6 Å².